The maximum Gasteiger partial charge on any atom is 0.269 e. The van der Waals surface area contributed by atoms with Crippen LogP contribution in [0.5, 0.6) is 0 Å². The zero-order valence-electron chi connectivity index (χ0n) is 11.4. The molecular weight excluding hydrogens is 340 g/mol. The van der Waals surface area contributed by atoms with Crippen LogP contribution in [0.4, 0.5) is 5.69 Å². The number of thiophene rings is 1. The molecular formula is C13H10N4O4S2. The quantitative estimate of drug-likeness (QED) is 0.440. The number of amides is 2. The maximum absolute atomic E-state index is 11.8. The molecule has 10 heteroatoms. The smallest absolute Gasteiger partial charge is 0.269 e. The Kier molecular flexibility index (Phi) is 5.33. The lowest BCUT2D eigenvalue weighted by Crippen LogP contribution is -2.48. The Morgan fingerprint density at radius 3 is 2.35 bits per heavy atom. The topological polar surface area (TPSA) is 113 Å². The summed E-state index contributed by atoms with van der Waals surface area (Å²) in [5.41, 5.74) is 4.76. The van der Waals surface area contributed by atoms with Crippen molar-refractivity contribution in [3.05, 3.63) is 62.3 Å². The molecule has 0 saturated heterocycles. The normalized spacial score (nSPS) is 9.74. The second-order valence-electron chi connectivity index (χ2n) is 4.14. The van der Waals surface area contributed by atoms with Gasteiger partial charge < -0.3 is 0 Å². The summed E-state index contributed by atoms with van der Waals surface area (Å²) >= 11 is 6.14. The van der Waals surface area contributed by atoms with Gasteiger partial charge in [-0.25, -0.2) is 0 Å². The van der Waals surface area contributed by atoms with Crippen molar-refractivity contribution in [1.29, 1.82) is 0 Å². The molecule has 0 aliphatic rings. The number of hydrogen-bond acceptors (Lipinski definition) is 6. The molecule has 0 fully saturated rings. The molecule has 0 aliphatic carbocycles. The first-order chi connectivity index (χ1) is 11.0. The molecule has 0 atom stereocenters. The van der Waals surface area contributed by atoms with Crippen LogP contribution >= 0.6 is 23.6 Å². The molecule has 2 amide bonds. The summed E-state index contributed by atoms with van der Waals surface area (Å²) in [6, 6.07) is 8.41. The first-order valence-corrected chi connectivity index (χ1v) is 7.46. The third kappa shape index (κ3) is 4.56. The highest BCUT2D eigenvalue weighted by atomic mass is 32.1. The fraction of sp³-hybridized carbons (Fsp3) is 0. The summed E-state index contributed by atoms with van der Waals surface area (Å²) in [6.45, 7) is 0. The number of nitrogens with one attached hydrogen (secondary N) is 3. The predicted molar refractivity (Wildman–Crippen MR) is 88.1 cm³/mol. The van der Waals surface area contributed by atoms with Crippen molar-refractivity contribution in [3.63, 3.8) is 0 Å². The standard InChI is InChI=1S/C13H10N4O4S2/c18-11(8-3-5-9(6-4-8)17(20)21)15-16-13(22)14-12(19)10-2-1-7-23-10/h1-7H,(H,15,18)(H2,14,16,19,22). The van der Waals surface area contributed by atoms with E-state index in [2.05, 4.69) is 16.2 Å². The van der Waals surface area contributed by atoms with Gasteiger partial charge in [-0.2, -0.15) is 0 Å². The summed E-state index contributed by atoms with van der Waals surface area (Å²) in [6.07, 6.45) is 0. The van der Waals surface area contributed by atoms with Crippen LogP contribution in [-0.2, 0) is 0 Å². The van der Waals surface area contributed by atoms with Crippen LogP contribution in [0.1, 0.15) is 20.0 Å². The van der Waals surface area contributed by atoms with Crippen LogP contribution in [-0.4, -0.2) is 21.9 Å². The van der Waals surface area contributed by atoms with Gasteiger partial charge in [-0.05, 0) is 35.8 Å². The third-order valence-corrected chi connectivity index (χ3v) is 3.67. The van der Waals surface area contributed by atoms with Gasteiger partial charge in [0.25, 0.3) is 17.5 Å². The molecule has 1 aromatic carbocycles. The Bertz CT molecular complexity index is 744. The molecule has 0 radical (unpaired) electrons. The second kappa shape index (κ2) is 7.42. The van der Waals surface area contributed by atoms with Crippen LogP contribution in [0, 0.1) is 10.1 Å². The lowest BCUT2D eigenvalue weighted by Gasteiger charge is -2.10. The van der Waals surface area contributed by atoms with E-state index in [1.807, 2.05) is 0 Å². The summed E-state index contributed by atoms with van der Waals surface area (Å²) in [5.74, 6) is -0.935. The monoisotopic (exact) mass is 350 g/mol. The Morgan fingerprint density at radius 2 is 1.78 bits per heavy atom. The summed E-state index contributed by atoms with van der Waals surface area (Å²) in [4.78, 5) is 34.0. The van der Waals surface area contributed by atoms with E-state index in [0.717, 1.165) is 0 Å². The Hall–Kier alpha value is -2.85. The predicted octanol–water partition coefficient (Wildman–Crippen LogP) is 1.61. The Labute approximate surface area is 139 Å². The first-order valence-electron chi connectivity index (χ1n) is 6.17. The summed E-state index contributed by atoms with van der Waals surface area (Å²) in [7, 11) is 0. The van der Waals surface area contributed by atoms with E-state index in [1.165, 1.54) is 35.6 Å². The summed E-state index contributed by atoms with van der Waals surface area (Å²) in [5, 5.41) is 14.6. The van der Waals surface area contributed by atoms with Gasteiger partial charge in [-0.1, -0.05) is 6.07 Å². The molecule has 23 heavy (non-hydrogen) atoms. The van der Waals surface area contributed by atoms with E-state index >= 15 is 0 Å². The molecule has 0 saturated carbocycles. The number of non-ortho nitro benzene ring substituents is 1. The first kappa shape index (κ1) is 16.5. The minimum Gasteiger partial charge on any atom is -0.297 e. The fourth-order valence-electron chi connectivity index (χ4n) is 1.52. The lowest BCUT2D eigenvalue weighted by molar-refractivity contribution is -0.384. The van der Waals surface area contributed by atoms with Gasteiger partial charge >= 0.3 is 0 Å². The number of hydrogen-bond donors (Lipinski definition) is 3. The average Bonchev–Trinajstić information content (AvgIpc) is 3.07. The molecule has 0 aliphatic heterocycles. The van der Waals surface area contributed by atoms with E-state index in [0.29, 0.717) is 4.88 Å². The average molecular weight is 350 g/mol. The minimum atomic E-state index is -0.560. The maximum atomic E-state index is 11.8. The number of carbonyl (C=O) groups excluding carboxylic acids is 2. The van der Waals surface area contributed by atoms with Crippen LogP contribution in [0.25, 0.3) is 0 Å². The highest BCUT2D eigenvalue weighted by molar-refractivity contribution is 7.80. The van der Waals surface area contributed by atoms with Crippen LogP contribution < -0.4 is 16.2 Å². The SMILES string of the molecule is O=C(NNC(=S)NC(=O)c1cccs1)c1ccc([N+](=O)[O-])cc1. The van der Waals surface area contributed by atoms with Crippen LogP contribution in [0.2, 0.25) is 0 Å². The fourth-order valence-corrected chi connectivity index (χ4v) is 2.29. The number of hydrazine groups is 1. The van der Waals surface area contributed by atoms with Crippen molar-refractivity contribution in [2.24, 2.45) is 0 Å². The van der Waals surface area contributed by atoms with Gasteiger partial charge in [0.2, 0.25) is 0 Å². The molecule has 2 rings (SSSR count). The van der Waals surface area contributed by atoms with Gasteiger partial charge in [-0.15, -0.1) is 11.3 Å². The highest BCUT2D eigenvalue weighted by Crippen LogP contribution is 2.11. The summed E-state index contributed by atoms with van der Waals surface area (Å²) < 4.78 is 0. The minimum absolute atomic E-state index is 0.0707. The van der Waals surface area contributed by atoms with Gasteiger partial charge in [0.05, 0.1) is 9.80 Å². The van der Waals surface area contributed by atoms with Crippen molar-refractivity contribution in [3.8, 4) is 0 Å². The van der Waals surface area contributed by atoms with Gasteiger partial charge in [0.1, 0.15) is 0 Å². The van der Waals surface area contributed by atoms with E-state index in [1.54, 1.807) is 17.5 Å². The highest BCUT2D eigenvalue weighted by Gasteiger charge is 2.11. The zero-order chi connectivity index (χ0) is 16.8. The van der Waals surface area contributed by atoms with Gasteiger partial charge in [-0.3, -0.25) is 35.9 Å². The number of nitro benzene ring substituents is 1. The molecule has 8 nitrogen and oxygen atoms in total. The van der Waals surface area contributed by atoms with E-state index in [-0.39, 0.29) is 22.3 Å². The van der Waals surface area contributed by atoms with E-state index in [9.17, 15) is 19.7 Å². The van der Waals surface area contributed by atoms with Gasteiger partial charge in [0, 0.05) is 17.7 Å². The molecule has 1 heterocycles. The van der Waals surface area contributed by atoms with Gasteiger partial charge in [0.15, 0.2) is 5.11 Å². The molecule has 0 unspecified atom stereocenters. The number of nitrogens with zero attached hydrogens (tertiary/aromatic N) is 1. The van der Waals surface area contributed by atoms with Crippen molar-refractivity contribution >= 4 is 46.2 Å². The lowest BCUT2D eigenvalue weighted by atomic mass is 10.2. The largest absolute Gasteiger partial charge is 0.297 e. The van der Waals surface area contributed by atoms with E-state index < -0.39 is 10.8 Å². The molecule has 118 valence electrons. The zero-order valence-corrected chi connectivity index (χ0v) is 13.1. The van der Waals surface area contributed by atoms with Crippen molar-refractivity contribution in [2.45, 2.75) is 0 Å². The Balaban J connectivity index is 1.85. The van der Waals surface area contributed by atoms with Crippen molar-refractivity contribution < 1.29 is 14.5 Å². The number of benzene rings is 1. The molecule has 0 bridgehead atoms. The number of thiocarbonyl (C=S) groups is 1. The number of rotatable bonds is 3. The molecule has 3 N–H and O–H groups in total. The molecule has 0 spiro atoms. The number of nitro groups is 1. The van der Waals surface area contributed by atoms with E-state index in [4.69, 9.17) is 12.2 Å². The second-order valence-corrected chi connectivity index (χ2v) is 5.50. The van der Waals surface area contributed by atoms with Crippen molar-refractivity contribution in [2.75, 3.05) is 0 Å². The van der Waals surface area contributed by atoms with Crippen molar-refractivity contribution in [1.82, 2.24) is 16.2 Å². The van der Waals surface area contributed by atoms with Crippen LogP contribution in [0.3, 0.4) is 0 Å². The molecule has 1 aromatic heterocycles. The van der Waals surface area contributed by atoms with Crippen LogP contribution in [0.15, 0.2) is 41.8 Å². The third-order valence-electron chi connectivity index (χ3n) is 2.60. The number of carbonyl (C=O) groups is 2. The Morgan fingerprint density at radius 1 is 1.09 bits per heavy atom. The molecule has 2 aromatic rings.